The molecule has 2 aromatic rings. The van der Waals surface area contributed by atoms with Crippen molar-refractivity contribution in [2.24, 2.45) is 5.16 Å². The van der Waals surface area contributed by atoms with Crippen molar-refractivity contribution < 1.29 is 28.7 Å². The van der Waals surface area contributed by atoms with Crippen LogP contribution < -0.4 is 15.1 Å². The van der Waals surface area contributed by atoms with Gasteiger partial charge in [-0.3, -0.25) is 14.5 Å². The van der Waals surface area contributed by atoms with E-state index >= 15 is 0 Å². The minimum Gasteiger partial charge on any atom is -0.442 e. The third-order valence-corrected chi connectivity index (χ3v) is 5.54. The molecule has 0 aromatic heterocycles. The zero-order chi connectivity index (χ0) is 24.8. The van der Waals surface area contributed by atoms with E-state index in [4.69, 9.17) is 9.94 Å². The second kappa shape index (κ2) is 10.6. The first-order valence-corrected chi connectivity index (χ1v) is 10.9. The van der Waals surface area contributed by atoms with Crippen LogP contribution in [0.1, 0.15) is 17.5 Å². The molecule has 0 spiro atoms. The zero-order valence-electron chi connectivity index (χ0n) is 18.6. The molecule has 35 heavy (non-hydrogen) atoms. The predicted octanol–water partition coefficient (Wildman–Crippen LogP) is 3.08. The molecule has 0 aliphatic carbocycles. The summed E-state index contributed by atoms with van der Waals surface area (Å²) < 4.78 is 20.0. The fraction of sp³-hybridized carbons (Fsp3) is 0.200. The Morgan fingerprint density at radius 2 is 1.97 bits per heavy atom. The Kier molecular flexibility index (Phi) is 7.20. The van der Waals surface area contributed by atoms with Crippen molar-refractivity contribution in [2.45, 2.75) is 12.5 Å². The Bertz CT molecular complexity index is 1210. The summed E-state index contributed by atoms with van der Waals surface area (Å²) in [5.74, 6) is -0.883. The minimum absolute atomic E-state index is 0.00459. The van der Waals surface area contributed by atoms with Gasteiger partial charge in [-0.15, -0.1) is 0 Å². The Morgan fingerprint density at radius 3 is 2.66 bits per heavy atom. The van der Waals surface area contributed by atoms with Crippen LogP contribution in [-0.2, 0) is 14.3 Å². The minimum atomic E-state index is -0.623. The number of benzene rings is 2. The number of allylic oxidation sites excluding steroid dienone is 1. The van der Waals surface area contributed by atoms with Gasteiger partial charge in [-0.1, -0.05) is 29.4 Å². The molecule has 2 aliphatic heterocycles. The maximum Gasteiger partial charge on any atom is 0.414 e. The van der Waals surface area contributed by atoms with Crippen LogP contribution in [0.2, 0.25) is 0 Å². The molecule has 9 nitrogen and oxygen atoms in total. The van der Waals surface area contributed by atoms with E-state index in [1.807, 2.05) is 0 Å². The molecule has 4 rings (SSSR count). The van der Waals surface area contributed by atoms with Gasteiger partial charge in [-0.25, -0.2) is 9.18 Å². The highest BCUT2D eigenvalue weighted by Gasteiger charge is 2.33. The Hall–Kier alpha value is -4.47. The lowest BCUT2D eigenvalue weighted by atomic mass is 10.1. The summed E-state index contributed by atoms with van der Waals surface area (Å²) in [5, 5.41) is 14.2. The quantitative estimate of drug-likeness (QED) is 0.274. The highest BCUT2D eigenvalue weighted by molar-refractivity contribution is 5.93. The van der Waals surface area contributed by atoms with Gasteiger partial charge in [0.15, 0.2) is 5.78 Å². The molecular formula is C25H23FN4O5. The highest BCUT2D eigenvalue weighted by Crippen LogP contribution is 2.29. The molecule has 2 aliphatic rings. The summed E-state index contributed by atoms with van der Waals surface area (Å²) in [6.45, 7) is 0.648. The summed E-state index contributed by atoms with van der Waals surface area (Å²) in [5.41, 5.74) is 2.16. The predicted molar refractivity (Wildman–Crippen MR) is 128 cm³/mol. The number of nitrogens with one attached hydrogen (secondary N) is 1. The SMILES string of the molecule is O=C1C=CN(c2ccc(N3C[C@H](CNC(=O)/C=C/c4ccc(/C=N/O)cc4)OC3=O)cc2F)CC1. The fourth-order valence-electron chi connectivity index (χ4n) is 3.70. The summed E-state index contributed by atoms with van der Waals surface area (Å²) in [6.07, 6.45) is 6.34. The monoisotopic (exact) mass is 478 g/mol. The van der Waals surface area contributed by atoms with Crippen LogP contribution >= 0.6 is 0 Å². The third kappa shape index (κ3) is 5.91. The lowest BCUT2D eigenvalue weighted by molar-refractivity contribution is -0.117. The Morgan fingerprint density at radius 1 is 1.20 bits per heavy atom. The summed E-state index contributed by atoms with van der Waals surface area (Å²) in [4.78, 5) is 38.8. The van der Waals surface area contributed by atoms with E-state index in [0.29, 0.717) is 24.3 Å². The van der Waals surface area contributed by atoms with Crippen molar-refractivity contribution in [3.05, 3.63) is 77.8 Å². The van der Waals surface area contributed by atoms with Crippen molar-refractivity contribution >= 4 is 41.4 Å². The summed E-state index contributed by atoms with van der Waals surface area (Å²) in [6, 6.07) is 11.4. The van der Waals surface area contributed by atoms with Gasteiger partial charge < -0.3 is 20.2 Å². The first-order valence-electron chi connectivity index (χ1n) is 10.9. The Labute approximate surface area is 200 Å². The van der Waals surface area contributed by atoms with Crippen molar-refractivity contribution in [1.82, 2.24) is 5.32 Å². The zero-order valence-corrected chi connectivity index (χ0v) is 18.6. The van der Waals surface area contributed by atoms with Gasteiger partial charge in [0.25, 0.3) is 0 Å². The molecular weight excluding hydrogens is 455 g/mol. The number of amides is 2. The second-order valence-corrected chi connectivity index (χ2v) is 7.97. The van der Waals surface area contributed by atoms with Gasteiger partial charge >= 0.3 is 6.09 Å². The van der Waals surface area contributed by atoms with Crippen LogP contribution in [-0.4, -0.2) is 54.9 Å². The maximum absolute atomic E-state index is 14.7. The van der Waals surface area contributed by atoms with E-state index in [2.05, 4.69) is 10.5 Å². The number of ketones is 1. The molecule has 2 aromatic carbocycles. The van der Waals surface area contributed by atoms with Gasteiger partial charge in [0, 0.05) is 25.2 Å². The molecule has 2 heterocycles. The molecule has 0 unspecified atom stereocenters. The number of halogens is 1. The van der Waals surface area contributed by atoms with Crippen molar-refractivity contribution in [3.63, 3.8) is 0 Å². The van der Waals surface area contributed by atoms with Crippen LogP contribution in [0.4, 0.5) is 20.6 Å². The fourth-order valence-corrected chi connectivity index (χ4v) is 3.70. The standard InChI is InChI=1S/C25H23FN4O5/c26-22-13-19(6-7-23(22)29-11-9-20(31)10-12-29)30-16-21(35-25(30)33)15-27-24(32)8-5-17-1-3-18(4-2-17)14-28-34/h1-9,11,13-14,21,34H,10,12,15-16H2,(H,27,32)/b8-5+,28-14+/t21-/m0/s1. The molecule has 1 saturated heterocycles. The van der Waals surface area contributed by atoms with Crippen molar-refractivity contribution in [3.8, 4) is 0 Å². The molecule has 180 valence electrons. The van der Waals surface area contributed by atoms with Gasteiger partial charge in [-0.2, -0.15) is 0 Å². The van der Waals surface area contributed by atoms with E-state index in [-0.39, 0.29) is 24.8 Å². The van der Waals surface area contributed by atoms with Gasteiger partial charge in [0.1, 0.15) is 11.9 Å². The number of oxime groups is 1. The highest BCUT2D eigenvalue weighted by atomic mass is 19.1. The van der Waals surface area contributed by atoms with Crippen LogP contribution in [0.3, 0.4) is 0 Å². The number of carbonyl (C=O) groups is 3. The molecule has 0 bridgehead atoms. The molecule has 1 atom stereocenters. The number of anilines is 2. The molecule has 0 radical (unpaired) electrons. The summed E-state index contributed by atoms with van der Waals surface area (Å²) in [7, 11) is 0. The Balaban J connectivity index is 1.31. The largest absolute Gasteiger partial charge is 0.442 e. The van der Waals surface area contributed by atoms with Crippen LogP contribution in [0, 0.1) is 5.82 Å². The number of carbonyl (C=O) groups excluding carboxylic acids is 3. The first kappa shape index (κ1) is 23.7. The van der Waals surface area contributed by atoms with E-state index in [0.717, 1.165) is 11.1 Å². The van der Waals surface area contributed by atoms with Gasteiger partial charge in [0.2, 0.25) is 5.91 Å². The van der Waals surface area contributed by atoms with Crippen LogP contribution in [0.5, 0.6) is 0 Å². The molecule has 10 heteroatoms. The smallest absolute Gasteiger partial charge is 0.414 e. The number of nitrogens with zero attached hydrogens (tertiary/aromatic N) is 3. The molecule has 0 saturated carbocycles. The normalized spacial score (nSPS) is 18.0. The molecule has 2 amide bonds. The topological polar surface area (TPSA) is 112 Å². The van der Waals surface area contributed by atoms with E-state index in [1.165, 1.54) is 29.3 Å². The van der Waals surface area contributed by atoms with Gasteiger partial charge in [0.05, 0.1) is 30.7 Å². The molecule has 2 N–H and O–H groups in total. The average Bonchev–Trinajstić information content (AvgIpc) is 3.23. The second-order valence-electron chi connectivity index (χ2n) is 7.97. The van der Waals surface area contributed by atoms with Crippen molar-refractivity contribution in [1.29, 1.82) is 0 Å². The number of ether oxygens (including phenoxy) is 1. The van der Waals surface area contributed by atoms with E-state index in [1.54, 1.807) is 53.6 Å². The summed E-state index contributed by atoms with van der Waals surface area (Å²) >= 11 is 0. The number of hydrogen-bond acceptors (Lipinski definition) is 7. The number of cyclic esters (lactones) is 1. The van der Waals surface area contributed by atoms with Crippen LogP contribution in [0.25, 0.3) is 6.08 Å². The first-order chi connectivity index (χ1) is 16.9. The maximum atomic E-state index is 14.7. The lowest BCUT2D eigenvalue weighted by Crippen LogP contribution is -2.33. The third-order valence-electron chi connectivity index (χ3n) is 5.54. The van der Waals surface area contributed by atoms with E-state index < -0.39 is 18.0 Å². The lowest BCUT2D eigenvalue weighted by Gasteiger charge is -2.24. The van der Waals surface area contributed by atoms with E-state index in [9.17, 15) is 18.8 Å². The number of rotatable bonds is 7. The van der Waals surface area contributed by atoms with Crippen LogP contribution in [0.15, 0.2) is 66.0 Å². The van der Waals surface area contributed by atoms with Crippen molar-refractivity contribution in [2.75, 3.05) is 29.4 Å². The van der Waals surface area contributed by atoms with Gasteiger partial charge in [-0.05, 0) is 41.5 Å². The number of hydrogen-bond donors (Lipinski definition) is 2. The average molecular weight is 478 g/mol. The molecule has 1 fully saturated rings.